The molecule has 4 nitrogen and oxygen atoms in total. The predicted octanol–water partition coefficient (Wildman–Crippen LogP) is 2.49. The van der Waals surface area contributed by atoms with Gasteiger partial charge in [0, 0.05) is 15.3 Å². The van der Waals surface area contributed by atoms with Crippen LogP contribution in [0.25, 0.3) is 0 Å². The van der Waals surface area contributed by atoms with Crippen molar-refractivity contribution in [2.24, 2.45) is 0 Å². The van der Waals surface area contributed by atoms with Gasteiger partial charge in [-0.15, -0.1) is 0 Å². The smallest absolute Gasteiger partial charge is 0.332 e. The van der Waals surface area contributed by atoms with Crippen LogP contribution in [0.3, 0.4) is 0 Å². The second kappa shape index (κ2) is 7.15. The first kappa shape index (κ1) is 14.7. The lowest BCUT2D eigenvalue weighted by Gasteiger charge is -2.06. The Morgan fingerprint density at radius 3 is 2.67 bits per heavy atom. The molecule has 0 spiro atoms. The van der Waals surface area contributed by atoms with E-state index in [1.807, 2.05) is 12.1 Å². The van der Waals surface area contributed by atoms with Crippen LogP contribution in [0.15, 0.2) is 36.0 Å². The maximum absolute atomic E-state index is 11.9. The van der Waals surface area contributed by atoms with Crippen molar-refractivity contribution in [2.75, 3.05) is 6.61 Å². The number of nitrogens with one attached hydrogen (secondary N) is 1. The van der Waals surface area contributed by atoms with Crippen molar-refractivity contribution in [1.82, 2.24) is 5.32 Å². The van der Waals surface area contributed by atoms with Crippen LogP contribution in [0.5, 0.6) is 0 Å². The number of carbonyl (C=O) groups is 2. The summed E-state index contributed by atoms with van der Waals surface area (Å²) in [5.41, 5.74) is 1.04. The summed E-state index contributed by atoms with van der Waals surface area (Å²) in [5.74, 6) is -0.698. The zero-order chi connectivity index (χ0) is 13.5. The van der Waals surface area contributed by atoms with E-state index in [0.717, 1.165) is 3.57 Å². The van der Waals surface area contributed by atoms with Crippen LogP contribution in [-0.4, -0.2) is 18.5 Å². The largest absolute Gasteiger partial charge is 0.463 e. The highest BCUT2D eigenvalue weighted by Crippen LogP contribution is 2.11. The topological polar surface area (TPSA) is 55.4 Å². The number of ether oxygens (including phenoxy) is 1. The van der Waals surface area contributed by atoms with Gasteiger partial charge >= 0.3 is 5.97 Å². The second-order valence-electron chi connectivity index (χ2n) is 3.51. The molecule has 0 bridgehead atoms. The maximum Gasteiger partial charge on any atom is 0.332 e. The molecule has 0 aliphatic carbocycles. The summed E-state index contributed by atoms with van der Waals surface area (Å²) in [6.45, 7) is 3.68. The molecule has 0 radical (unpaired) electrons. The quantitative estimate of drug-likeness (QED) is 0.511. The fraction of sp³-hybridized carbons (Fsp3) is 0.231. The fourth-order valence-corrected chi connectivity index (χ4v) is 1.92. The Balaban J connectivity index is 2.71. The first-order valence-corrected chi connectivity index (χ1v) is 6.53. The zero-order valence-electron chi connectivity index (χ0n) is 10.2. The first-order chi connectivity index (χ1) is 8.54. The van der Waals surface area contributed by atoms with Crippen LogP contribution in [0.2, 0.25) is 0 Å². The van der Waals surface area contributed by atoms with E-state index in [4.69, 9.17) is 4.74 Å². The van der Waals surface area contributed by atoms with Crippen LogP contribution >= 0.6 is 22.6 Å². The third-order valence-corrected chi connectivity index (χ3v) is 2.99. The minimum Gasteiger partial charge on any atom is -0.463 e. The molecule has 0 unspecified atom stereocenters. The molecule has 0 aliphatic heterocycles. The third kappa shape index (κ3) is 4.48. The van der Waals surface area contributed by atoms with Gasteiger partial charge in [-0.3, -0.25) is 4.79 Å². The Labute approximate surface area is 120 Å². The molecule has 0 heterocycles. The van der Waals surface area contributed by atoms with Crippen LogP contribution < -0.4 is 5.32 Å². The van der Waals surface area contributed by atoms with Gasteiger partial charge in [0.05, 0.1) is 12.2 Å². The Morgan fingerprint density at radius 1 is 1.39 bits per heavy atom. The van der Waals surface area contributed by atoms with Crippen molar-refractivity contribution in [3.8, 4) is 0 Å². The summed E-state index contributed by atoms with van der Waals surface area (Å²) in [4.78, 5) is 23.1. The SMILES string of the molecule is CCOC(=O)C=C(C)NC(=O)c1ccccc1I. The number of allylic oxidation sites excluding steroid dienone is 1. The van der Waals surface area contributed by atoms with E-state index in [-0.39, 0.29) is 5.91 Å². The van der Waals surface area contributed by atoms with Crippen molar-refractivity contribution >= 4 is 34.5 Å². The fourth-order valence-electron chi connectivity index (χ4n) is 1.29. The van der Waals surface area contributed by atoms with Crippen molar-refractivity contribution in [3.63, 3.8) is 0 Å². The molecule has 5 heteroatoms. The summed E-state index contributed by atoms with van der Waals surface area (Å²) < 4.78 is 5.61. The van der Waals surface area contributed by atoms with Gasteiger partial charge in [-0.2, -0.15) is 0 Å². The molecule has 1 aromatic rings. The van der Waals surface area contributed by atoms with Crippen LogP contribution in [0.1, 0.15) is 24.2 Å². The lowest BCUT2D eigenvalue weighted by atomic mass is 10.2. The van der Waals surface area contributed by atoms with E-state index in [1.54, 1.807) is 26.0 Å². The van der Waals surface area contributed by atoms with Crippen molar-refractivity contribution in [3.05, 3.63) is 45.2 Å². The summed E-state index contributed by atoms with van der Waals surface area (Å²) in [6, 6.07) is 7.23. The average molecular weight is 359 g/mol. The van der Waals surface area contributed by atoms with Gasteiger partial charge in [-0.25, -0.2) is 4.79 Å². The Hall–Kier alpha value is -1.37. The molecule has 0 aromatic heterocycles. The zero-order valence-corrected chi connectivity index (χ0v) is 12.4. The molecule has 18 heavy (non-hydrogen) atoms. The first-order valence-electron chi connectivity index (χ1n) is 5.45. The molecular formula is C13H14INO3. The third-order valence-electron chi connectivity index (χ3n) is 2.05. The summed E-state index contributed by atoms with van der Waals surface area (Å²) in [5, 5.41) is 2.64. The number of hydrogen-bond donors (Lipinski definition) is 1. The van der Waals surface area contributed by atoms with Gasteiger partial charge in [0.25, 0.3) is 5.91 Å². The van der Waals surface area contributed by atoms with Gasteiger partial charge in [-0.1, -0.05) is 12.1 Å². The maximum atomic E-state index is 11.9. The molecule has 0 saturated heterocycles. The highest BCUT2D eigenvalue weighted by atomic mass is 127. The van der Waals surface area contributed by atoms with Crippen molar-refractivity contribution in [2.45, 2.75) is 13.8 Å². The van der Waals surface area contributed by atoms with Crippen LogP contribution in [0.4, 0.5) is 0 Å². The van der Waals surface area contributed by atoms with E-state index >= 15 is 0 Å². The number of halogens is 1. The van der Waals surface area contributed by atoms with E-state index in [1.165, 1.54) is 6.08 Å². The van der Waals surface area contributed by atoms with E-state index in [9.17, 15) is 9.59 Å². The Bertz CT molecular complexity index is 483. The van der Waals surface area contributed by atoms with E-state index < -0.39 is 5.97 Å². The van der Waals surface area contributed by atoms with Gasteiger partial charge in [0.15, 0.2) is 0 Å². The molecule has 1 amide bonds. The average Bonchev–Trinajstić information content (AvgIpc) is 2.29. The number of hydrogen-bond acceptors (Lipinski definition) is 3. The number of esters is 1. The molecule has 0 fully saturated rings. The highest BCUT2D eigenvalue weighted by Gasteiger charge is 2.09. The second-order valence-corrected chi connectivity index (χ2v) is 4.68. The summed E-state index contributed by atoms with van der Waals surface area (Å²) in [6.07, 6.45) is 1.26. The molecule has 96 valence electrons. The van der Waals surface area contributed by atoms with Crippen molar-refractivity contribution < 1.29 is 14.3 Å². The highest BCUT2D eigenvalue weighted by molar-refractivity contribution is 14.1. The summed E-state index contributed by atoms with van der Waals surface area (Å²) in [7, 11) is 0. The van der Waals surface area contributed by atoms with Crippen LogP contribution in [-0.2, 0) is 9.53 Å². The molecule has 1 N–H and O–H groups in total. The molecule has 0 atom stereocenters. The van der Waals surface area contributed by atoms with Gasteiger partial charge in [0.2, 0.25) is 0 Å². The Morgan fingerprint density at radius 2 is 2.06 bits per heavy atom. The van der Waals surface area contributed by atoms with E-state index in [0.29, 0.717) is 17.9 Å². The monoisotopic (exact) mass is 359 g/mol. The van der Waals surface area contributed by atoms with Gasteiger partial charge in [0.1, 0.15) is 0 Å². The summed E-state index contributed by atoms with van der Waals surface area (Å²) >= 11 is 2.09. The minimum atomic E-state index is -0.460. The van der Waals surface area contributed by atoms with Gasteiger partial charge in [-0.05, 0) is 48.6 Å². The lowest BCUT2D eigenvalue weighted by molar-refractivity contribution is -0.137. The number of amides is 1. The number of carbonyl (C=O) groups excluding carboxylic acids is 2. The molecule has 0 saturated carbocycles. The molecular weight excluding hydrogens is 345 g/mol. The molecule has 1 rings (SSSR count). The van der Waals surface area contributed by atoms with E-state index in [2.05, 4.69) is 27.9 Å². The van der Waals surface area contributed by atoms with Crippen LogP contribution in [0, 0.1) is 3.57 Å². The molecule has 0 aliphatic rings. The molecule has 1 aromatic carbocycles. The lowest BCUT2D eigenvalue weighted by Crippen LogP contribution is -2.23. The Kier molecular flexibility index (Phi) is 5.84. The predicted molar refractivity (Wildman–Crippen MR) is 77.0 cm³/mol. The standard InChI is InChI=1S/C13H14INO3/c1-3-18-12(16)8-9(2)15-13(17)10-6-4-5-7-11(10)14/h4-8H,3H2,1-2H3,(H,15,17). The number of rotatable bonds is 4. The van der Waals surface area contributed by atoms with Gasteiger partial charge < -0.3 is 10.1 Å². The minimum absolute atomic E-state index is 0.238. The van der Waals surface area contributed by atoms with Crippen molar-refractivity contribution in [1.29, 1.82) is 0 Å². The number of benzene rings is 1. The normalized spacial score (nSPS) is 10.9.